The number of likely N-dealkylation sites (tertiary alicyclic amines) is 1. The van der Waals surface area contributed by atoms with E-state index in [0.29, 0.717) is 23.8 Å². The van der Waals surface area contributed by atoms with E-state index in [4.69, 9.17) is 4.74 Å². The first-order valence-electron chi connectivity index (χ1n) is 9.37. The van der Waals surface area contributed by atoms with Crippen molar-refractivity contribution < 1.29 is 14.6 Å². The van der Waals surface area contributed by atoms with Crippen LogP contribution in [0.2, 0.25) is 0 Å². The molecule has 2 heterocycles. The van der Waals surface area contributed by atoms with Crippen LogP contribution in [0.4, 0.5) is 0 Å². The summed E-state index contributed by atoms with van der Waals surface area (Å²) in [7, 11) is 0. The van der Waals surface area contributed by atoms with Gasteiger partial charge in [0.05, 0.1) is 11.2 Å². The summed E-state index contributed by atoms with van der Waals surface area (Å²) in [6, 6.07) is 14.8. The van der Waals surface area contributed by atoms with Crippen molar-refractivity contribution in [2.45, 2.75) is 25.4 Å². The molecular formula is C22H22N2O3S. The minimum atomic E-state index is 0.0447. The molecule has 0 atom stereocenters. The first-order chi connectivity index (χ1) is 13.7. The number of hydrogen-bond donors (Lipinski definition) is 1. The molecular weight excluding hydrogens is 372 g/mol. The second kappa shape index (κ2) is 8.44. The van der Waals surface area contributed by atoms with Crippen LogP contribution in [0.5, 0.6) is 11.5 Å². The lowest BCUT2D eigenvalue weighted by atomic mass is 9.89. The number of thiazole rings is 1. The molecule has 1 aliphatic rings. The van der Waals surface area contributed by atoms with Crippen LogP contribution in [0.3, 0.4) is 0 Å². The topological polar surface area (TPSA) is 62.7 Å². The predicted molar refractivity (Wildman–Crippen MR) is 109 cm³/mol. The number of carbonyl (C=O) groups excluding carboxylic acids is 1. The first kappa shape index (κ1) is 18.5. The zero-order chi connectivity index (χ0) is 19.3. The highest BCUT2D eigenvalue weighted by atomic mass is 32.1. The smallest absolute Gasteiger partial charge is 0.253 e. The van der Waals surface area contributed by atoms with Crippen LogP contribution in [-0.4, -0.2) is 34.0 Å². The SMILES string of the molecule is O=C(c1cccc(OCc2cscn2)c1)N1CCC(c2ccc(O)cc2)CC1. The van der Waals surface area contributed by atoms with Gasteiger partial charge >= 0.3 is 0 Å². The van der Waals surface area contributed by atoms with Gasteiger partial charge in [0.25, 0.3) is 5.91 Å². The third-order valence-electron chi connectivity index (χ3n) is 5.10. The lowest BCUT2D eigenvalue weighted by Gasteiger charge is -2.32. The number of phenolic OH excluding ortho intramolecular Hbond substituents is 1. The van der Waals surface area contributed by atoms with E-state index >= 15 is 0 Å². The van der Waals surface area contributed by atoms with E-state index in [1.54, 1.807) is 23.7 Å². The van der Waals surface area contributed by atoms with E-state index in [1.165, 1.54) is 16.9 Å². The Kier molecular flexibility index (Phi) is 5.58. The van der Waals surface area contributed by atoms with Crippen LogP contribution < -0.4 is 4.74 Å². The van der Waals surface area contributed by atoms with Crippen molar-refractivity contribution in [1.29, 1.82) is 0 Å². The fourth-order valence-corrected chi connectivity index (χ4v) is 4.07. The number of phenols is 1. The van der Waals surface area contributed by atoms with Gasteiger partial charge in [0.15, 0.2) is 0 Å². The Labute approximate surface area is 168 Å². The molecule has 0 spiro atoms. The molecule has 0 bridgehead atoms. The van der Waals surface area contributed by atoms with Crippen LogP contribution in [0, 0.1) is 0 Å². The number of aromatic nitrogens is 1. The number of rotatable bonds is 5. The summed E-state index contributed by atoms with van der Waals surface area (Å²) in [5.41, 5.74) is 4.54. The molecule has 6 heteroatoms. The standard InChI is InChI=1S/C22H22N2O3S/c25-20-6-4-16(5-7-20)17-8-10-24(11-9-17)22(26)18-2-1-3-21(12-18)27-13-19-14-28-15-23-19/h1-7,12,14-15,17,25H,8-11,13H2. The van der Waals surface area contributed by atoms with Crippen LogP contribution in [0.25, 0.3) is 0 Å². The van der Waals surface area contributed by atoms with Gasteiger partial charge in [0, 0.05) is 24.0 Å². The summed E-state index contributed by atoms with van der Waals surface area (Å²) >= 11 is 1.54. The Balaban J connectivity index is 1.35. The number of piperidine rings is 1. The van der Waals surface area contributed by atoms with Gasteiger partial charge in [-0.1, -0.05) is 18.2 Å². The Morgan fingerprint density at radius 2 is 1.96 bits per heavy atom. The molecule has 0 aliphatic carbocycles. The second-order valence-corrected chi connectivity index (χ2v) is 7.67. The number of nitrogens with zero attached hydrogens (tertiary/aromatic N) is 2. The molecule has 0 radical (unpaired) electrons. The summed E-state index contributed by atoms with van der Waals surface area (Å²) in [6.45, 7) is 1.86. The Bertz CT molecular complexity index is 917. The molecule has 0 unspecified atom stereocenters. The van der Waals surface area contributed by atoms with Gasteiger partial charge in [-0.05, 0) is 54.7 Å². The highest BCUT2D eigenvalue weighted by Crippen LogP contribution is 2.30. The lowest BCUT2D eigenvalue weighted by Crippen LogP contribution is -2.37. The number of carbonyl (C=O) groups is 1. The highest BCUT2D eigenvalue weighted by Gasteiger charge is 2.24. The molecule has 0 saturated carbocycles. The molecule has 1 aromatic heterocycles. The van der Waals surface area contributed by atoms with Crippen molar-refractivity contribution in [2.24, 2.45) is 0 Å². The van der Waals surface area contributed by atoms with Crippen molar-refractivity contribution in [2.75, 3.05) is 13.1 Å². The number of aromatic hydroxyl groups is 1. The van der Waals surface area contributed by atoms with E-state index in [1.807, 2.05) is 40.6 Å². The molecule has 28 heavy (non-hydrogen) atoms. The van der Waals surface area contributed by atoms with Gasteiger partial charge in [-0.3, -0.25) is 4.79 Å². The monoisotopic (exact) mass is 394 g/mol. The summed E-state index contributed by atoms with van der Waals surface area (Å²) in [5.74, 6) is 1.44. The van der Waals surface area contributed by atoms with Crippen LogP contribution in [0.1, 0.15) is 40.4 Å². The van der Waals surface area contributed by atoms with Gasteiger partial charge in [-0.25, -0.2) is 4.98 Å². The van der Waals surface area contributed by atoms with Gasteiger partial charge in [0.1, 0.15) is 18.1 Å². The average molecular weight is 394 g/mol. The fraction of sp³-hybridized carbons (Fsp3) is 0.273. The maximum atomic E-state index is 12.9. The Morgan fingerprint density at radius 1 is 1.18 bits per heavy atom. The summed E-state index contributed by atoms with van der Waals surface area (Å²) in [5, 5.41) is 11.4. The minimum Gasteiger partial charge on any atom is -0.508 e. The molecule has 4 rings (SSSR count). The lowest BCUT2D eigenvalue weighted by molar-refractivity contribution is 0.0712. The summed E-state index contributed by atoms with van der Waals surface area (Å²) in [6.07, 6.45) is 1.85. The van der Waals surface area contributed by atoms with E-state index in [2.05, 4.69) is 4.98 Å². The zero-order valence-corrected chi connectivity index (χ0v) is 16.3. The maximum absolute atomic E-state index is 12.9. The van der Waals surface area contributed by atoms with Crippen molar-refractivity contribution >= 4 is 17.2 Å². The highest BCUT2D eigenvalue weighted by molar-refractivity contribution is 7.07. The number of hydrogen-bond acceptors (Lipinski definition) is 5. The van der Waals surface area contributed by atoms with Gasteiger partial charge in [-0.15, -0.1) is 11.3 Å². The summed E-state index contributed by atoms with van der Waals surface area (Å²) < 4.78 is 5.77. The van der Waals surface area contributed by atoms with Gasteiger partial charge in [0.2, 0.25) is 0 Å². The Hall–Kier alpha value is -2.86. The molecule has 1 N–H and O–H groups in total. The predicted octanol–water partition coefficient (Wildman–Crippen LogP) is 4.45. The van der Waals surface area contributed by atoms with E-state index in [-0.39, 0.29) is 11.7 Å². The molecule has 1 saturated heterocycles. The Morgan fingerprint density at radius 3 is 2.68 bits per heavy atom. The number of ether oxygens (including phenoxy) is 1. The molecule has 1 amide bonds. The molecule has 1 aliphatic heterocycles. The zero-order valence-electron chi connectivity index (χ0n) is 15.5. The van der Waals surface area contributed by atoms with Crippen molar-refractivity contribution in [3.63, 3.8) is 0 Å². The van der Waals surface area contributed by atoms with E-state index in [9.17, 15) is 9.90 Å². The van der Waals surface area contributed by atoms with Crippen molar-refractivity contribution in [1.82, 2.24) is 9.88 Å². The normalized spacial score (nSPS) is 14.8. The van der Waals surface area contributed by atoms with Crippen molar-refractivity contribution in [3.05, 3.63) is 76.2 Å². The minimum absolute atomic E-state index is 0.0447. The van der Waals surface area contributed by atoms with E-state index < -0.39 is 0 Å². The fourth-order valence-electron chi connectivity index (χ4n) is 3.53. The van der Waals surface area contributed by atoms with Crippen LogP contribution in [-0.2, 0) is 6.61 Å². The quantitative estimate of drug-likeness (QED) is 0.695. The van der Waals surface area contributed by atoms with Gasteiger partial charge in [-0.2, -0.15) is 0 Å². The third-order valence-corrected chi connectivity index (χ3v) is 5.73. The third kappa shape index (κ3) is 4.34. The van der Waals surface area contributed by atoms with Gasteiger partial charge < -0.3 is 14.7 Å². The second-order valence-electron chi connectivity index (χ2n) is 6.95. The molecule has 5 nitrogen and oxygen atoms in total. The largest absolute Gasteiger partial charge is 0.508 e. The number of benzene rings is 2. The maximum Gasteiger partial charge on any atom is 0.253 e. The first-order valence-corrected chi connectivity index (χ1v) is 10.3. The number of amides is 1. The van der Waals surface area contributed by atoms with Crippen LogP contribution >= 0.6 is 11.3 Å². The van der Waals surface area contributed by atoms with E-state index in [0.717, 1.165) is 31.6 Å². The molecule has 144 valence electrons. The van der Waals surface area contributed by atoms with Crippen LogP contribution in [0.15, 0.2) is 59.4 Å². The molecule has 3 aromatic rings. The van der Waals surface area contributed by atoms with Crippen molar-refractivity contribution in [3.8, 4) is 11.5 Å². The summed E-state index contributed by atoms with van der Waals surface area (Å²) in [4.78, 5) is 19.0. The molecule has 1 fully saturated rings. The average Bonchev–Trinajstić information content (AvgIpc) is 3.26. The molecule has 2 aromatic carbocycles.